The van der Waals surface area contributed by atoms with Crippen LogP contribution >= 0.6 is 0 Å². The molecule has 0 amide bonds. The maximum atomic E-state index is 13.8. The number of halogens is 1. The summed E-state index contributed by atoms with van der Waals surface area (Å²) in [5, 5.41) is 0. The molecule has 1 aromatic rings. The molecule has 1 atom stereocenters. The summed E-state index contributed by atoms with van der Waals surface area (Å²) in [4.78, 5) is 13.6. The molecule has 1 saturated heterocycles. The number of hydrogen-bond donors (Lipinski definition) is 0. The van der Waals surface area contributed by atoms with Crippen LogP contribution in [0.4, 0.5) is 10.1 Å². The van der Waals surface area contributed by atoms with Crippen LogP contribution < -0.4 is 4.90 Å². The predicted octanol–water partition coefficient (Wildman–Crippen LogP) is 2.64. The summed E-state index contributed by atoms with van der Waals surface area (Å²) < 4.78 is 19.3. The summed E-state index contributed by atoms with van der Waals surface area (Å²) in [6.45, 7) is 5.48. The minimum atomic E-state index is -0.445. The van der Waals surface area contributed by atoms with E-state index >= 15 is 0 Å². The lowest BCUT2D eigenvalue weighted by Crippen LogP contribution is -2.42. The minimum Gasteiger partial charge on any atom is -0.375 e. The van der Waals surface area contributed by atoms with Crippen LogP contribution in [0.3, 0.4) is 0 Å². The van der Waals surface area contributed by atoms with E-state index in [-0.39, 0.29) is 17.5 Å². The average Bonchev–Trinajstić information content (AvgIpc) is 2.38. The second-order valence-corrected chi connectivity index (χ2v) is 4.54. The molecule has 0 spiro atoms. The number of ether oxygens (including phenoxy) is 1. The molecule has 0 radical (unpaired) electrons. The molecular formula is C14H18FNO2. The van der Waals surface area contributed by atoms with Crippen LogP contribution in [0.15, 0.2) is 18.2 Å². The average molecular weight is 251 g/mol. The zero-order chi connectivity index (χ0) is 13.1. The summed E-state index contributed by atoms with van der Waals surface area (Å²) in [5.41, 5.74) is 0.874. The van der Waals surface area contributed by atoms with Crippen molar-refractivity contribution in [2.45, 2.75) is 26.4 Å². The van der Waals surface area contributed by atoms with E-state index < -0.39 is 5.82 Å². The molecule has 0 aliphatic carbocycles. The number of anilines is 1. The number of carbonyl (C=O) groups excluding carboxylic acids is 1. The molecule has 98 valence electrons. The third-order valence-corrected chi connectivity index (χ3v) is 3.28. The Bertz CT molecular complexity index is 447. The summed E-state index contributed by atoms with van der Waals surface area (Å²) >= 11 is 0. The van der Waals surface area contributed by atoms with Gasteiger partial charge in [-0.25, -0.2) is 4.39 Å². The Morgan fingerprint density at radius 3 is 3.00 bits per heavy atom. The summed E-state index contributed by atoms with van der Waals surface area (Å²) in [6, 6.07) is 4.78. The van der Waals surface area contributed by atoms with E-state index in [2.05, 4.69) is 6.92 Å². The highest BCUT2D eigenvalue weighted by Gasteiger charge is 2.23. The molecule has 0 saturated carbocycles. The van der Waals surface area contributed by atoms with Gasteiger partial charge in [0, 0.05) is 13.1 Å². The molecule has 0 aromatic heterocycles. The molecule has 1 aromatic carbocycles. The number of hydrogen-bond acceptors (Lipinski definition) is 3. The first-order chi connectivity index (χ1) is 8.63. The first kappa shape index (κ1) is 13.0. The van der Waals surface area contributed by atoms with Crippen molar-refractivity contribution in [1.29, 1.82) is 0 Å². The zero-order valence-corrected chi connectivity index (χ0v) is 10.8. The number of morpholine rings is 1. The Kier molecular flexibility index (Phi) is 3.97. The Morgan fingerprint density at radius 1 is 1.56 bits per heavy atom. The molecule has 3 nitrogen and oxygen atoms in total. The highest BCUT2D eigenvalue weighted by molar-refractivity contribution is 6.00. The maximum absolute atomic E-state index is 13.8. The van der Waals surface area contributed by atoms with Crippen molar-refractivity contribution in [2.75, 3.05) is 24.6 Å². The normalized spacial score (nSPS) is 19.9. The predicted molar refractivity (Wildman–Crippen MR) is 68.6 cm³/mol. The molecule has 1 aliphatic rings. The first-order valence-corrected chi connectivity index (χ1v) is 6.29. The van der Waals surface area contributed by atoms with E-state index in [1.807, 2.05) is 4.90 Å². The SMILES string of the molecule is CCC1CN(c2cccc(F)c2C(C)=O)CCO1. The first-order valence-electron chi connectivity index (χ1n) is 6.29. The molecular weight excluding hydrogens is 233 g/mol. The summed E-state index contributed by atoms with van der Waals surface area (Å²) in [6.07, 6.45) is 1.07. The van der Waals surface area contributed by atoms with E-state index in [1.54, 1.807) is 12.1 Å². The molecule has 18 heavy (non-hydrogen) atoms. The van der Waals surface area contributed by atoms with Gasteiger partial charge in [-0.15, -0.1) is 0 Å². The zero-order valence-electron chi connectivity index (χ0n) is 10.8. The van der Waals surface area contributed by atoms with Crippen molar-refractivity contribution in [3.63, 3.8) is 0 Å². The monoisotopic (exact) mass is 251 g/mol. The molecule has 0 bridgehead atoms. The standard InChI is InChI=1S/C14H18FNO2/c1-3-11-9-16(7-8-18-11)13-6-4-5-12(15)14(13)10(2)17/h4-6,11H,3,7-9H2,1-2H3. The van der Waals surface area contributed by atoms with Gasteiger partial charge < -0.3 is 9.64 Å². The second-order valence-electron chi connectivity index (χ2n) is 4.54. The number of ketones is 1. The fourth-order valence-electron chi connectivity index (χ4n) is 2.31. The molecule has 1 aliphatic heterocycles. The molecule has 4 heteroatoms. The maximum Gasteiger partial charge on any atom is 0.164 e. The topological polar surface area (TPSA) is 29.5 Å². The van der Waals surface area contributed by atoms with Crippen LogP contribution in [0.1, 0.15) is 30.6 Å². The summed E-state index contributed by atoms with van der Waals surface area (Å²) in [5.74, 6) is -0.679. The highest BCUT2D eigenvalue weighted by atomic mass is 19.1. The van der Waals surface area contributed by atoms with Crippen LogP contribution in [0.2, 0.25) is 0 Å². The number of nitrogens with zero attached hydrogens (tertiary/aromatic N) is 1. The Labute approximate surface area is 107 Å². The van der Waals surface area contributed by atoms with Crippen molar-refractivity contribution in [2.24, 2.45) is 0 Å². The van der Waals surface area contributed by atoms with Crippen LogP contribution in [-0.2, 0) is 4.74 Å². The lowest BCUT2D eigenvalue weighted by molar-refractivity contribution is 0.0383. The van der Waals surface area contributed by atoms with Crippen LogP contribution in [0, 0.1) is 5.82 Å². The fraction of sp³-hybridized carbons (Fsp3) is 0.500. The molecule has 2 rings (SSSR count). The van der Waals surface area contributed by atoms with E-state index in [9.17, 15) is 9.18 Å². The highest BCUT2D eigenvalue weighted by Crippen LogP contribution is 2.26. The van der Waals surface area contributed by atoms with Crippen molar-refractivity contribution in [3.05, 3.63) is 29.6 Å². The second kappa shape index (κ2) is 5.48. The largest absolute Gasteiger partial charge is 0.375 e. The smallest absolute Gasteiger partial charge is 0.164 e. The van der Waals surface area contributed by atoms with Gasteiger partial charge in [0.2, 0.25) is 0 Å². The third kappa shape index (κ3) is 2.53. The van der Waals surface area contributed by atoms with Gasteiger partial charge in [0.1, 0.15) is 5.82 Å². The van der Waals surface area contributed by atoms with Crippen molar-refractivity contribution >= 4 is 11.5 Å². The quantitative estimate of drug-likeness (QED) is 0.773. The lowest BCUT2D eigenvalue weighted by atomic mass is 10.1. The number of Topliss-reactive ketones (excluding diaryl/α,β-unsaturated/α-hetero) is 1. The van der Waals surface area contributed by atoms with E-state index in [0.29, 0.717) is 25.4 Å². The minimum absolute atomic E-state index is 0.154. The Balaban J connectivity index is 2.32. The van der Waals surface area contributed by atoms with Crippen molar-refractivity contribution < 1.29 is 13.9 Å². The van der Waals surface area contributed by atoms with Gasteiger partial charge in [-0.3, -0.25) is 4.79 Å². The lowest BCUT2D eigenvalue weighted by Gasteiger charge is -2.35. The van der Waals surface area contributed by atoms with Crippen LogP contribution in [0.5, 0.6) is 0 Å². The molecule has 0 N–H and O–H groups in total. The number of rotatable bonds is 3. The van der Waals surface area contributed by atoms with Crippen LogP contribution in [-0.4, -0.2) is 31.6 Å². The van der Waals surface area contributed by atoms with E-state index in [0.717, 1.165) is 6.42 Å². The molecule has 1 heterocycles. The van der Waals surface area contributed by atoms with Gasteiger partial charge in [-0.2, -0.15) is 0 Å². The van der Waals surface area contributed by atoms with E-state index in [1.165, 1.54) is 13.0 Å². The van der Waals surface area contributed by atoms with Gasteiger partial charge in [0.25, 0.3) is 0 Å². The van der Waals surface area contributed by atoms with Gasteiger partial charge >= 0.3 is 0 Å². The van der Waals surface area contributed by atoms with Crippen LogP contribution in [0.25, 0.3) is 0 Å². The number of benzene rings is 1. The van der Waals surface area contributed by atoms with Gasteiger partial charge in [-0.05, 0) is 25.5 Å². The third-order valence-electron chi connectivity index (χ3n) is 3.28. The molecule has 1 unspecified atom stereocenters. The molecule has 1 fully saturated rings. The van der Waals surface area contributed by atoms with E-state index in [4.69, 9.17) is 4.74 Å². The van der Waals surface area contributed by atoms with Gasteiger partial charge in [-0.1, -0.05) is 13.0 Å². The van der Waals surface area contributed by atoms with Gasteiger partial charge in [0.05, 0.1) is 24.0 Å². The fourth-order valence-corrected chi connectivity index (χ4v) is 2.31. The number of carbonyl (C=O) groups is 1. The Morgan fingerprint density at radius 2 is 2.33 bits per heavy atom. The van der Waals surface area contributed by atoms with Crippen molar-refractivity contribution in [3.8, 4) is 0 Å². The van der Waals surface area contributed by atoms with Gasteiger partial charge in [0.15, 0.2) is 5.78 Å². The van der Waals surface area contributed by atoms with Crippen molar-refractivity contribution in [1.82, 2.24) is 0 Å². The summed E-state index contributed by atoms with van der Waals surface area (Å²) in [7, 11) is 0. The Hall–Kier alpha value is -1.42.